The number of benzene rings is 1. The second-order valence-electron chi connectivity index (χ2n) is 9.16. The summed E-state index contributed by atoms with van der Waals surface area (Å²) in [6.07, 6.45) is 3.63. The van der Waals surface area contributed by atoms with Crippen LogP contribution in [0.25, 0.3) is 0 Å². The first-order valence-electron chi connectivity index (χ1n) is 10.9. The van der Waals surface area contributed by atoms with Crippen LogP contribution in [0.5, 0.6) is 5.75 Å². The zero-order valence-corrected chi connectivity index (χ0v) is 20.7. The lowest BCUT2D eigenvalue weighted by Gasteiger charge is -2.33. The summed E-state index contributed by atoms with van der Waals surface area (Å²) in [6.45, 7) is 9.35. The maximum atomic E-state index is 12.7. The van der Waals surface area contributed by atoms with Crippen molar-refractivity contribution < 1.29 is 14.3 Å². The number of nitrogens with two attached hydrogens (primary N) is 1. The Bertz CT molecular complexity index is 1020. The maximum absolute atomic E-state index is 12.7. The van der Waals surface area contributed by atoms with Crippen molar-refractivity contribution in [2.24, 2.45) is 17.1 Å². The van der Waals surface area contributed by atoms with E-state index in [2.05, 4.69) is 31.4 Å². The summed E-state index contributed by atoms with van der Waals surface area (Å²) in [5.41, 5.74) is 7.85. The summed E-state index contributed by atoms with van der Waals surface area (Å²) in [6, 6.07) is 6.95. The number of rotatable bonds is 6. The first-order chi connectivity index (χ1) is 15.1. The molecule has 0 fully saturated rings. The van der Waals surface area contributed by atoms with Gasteiger partial charge in [0.2, 0.25) is 0 Å². The van der Waals surface area contributed by atoms with Crippen LogP contribution in [-0.4, -0.2) is 23.5 Å². The molecule has 172 valence electrons. The van der Waals surface area contributed by atoms with Crippen LogP contribution in [0.2, 0.25) is 0 Å². The molecule has 0 aliphatic heterocycles. The van der Waals surface area contributed by atoms with E-state index in [1.165, 1.54) is 16.2 Å². The number of thiophene rings is 1. The molecule has 0 unspecified atom stereocenters. The van der Waals surface area contributed by atoms with Crippen molar-refractivity contribution in [3.8, 4) is 5.75 Å². The molecule has 1 aromatic heterocycles. The van der Waals surface area contributed by atoms with Crippen LogP contribution in [0.4, 0.5) is 5.00 Å². The highest BCUT2D eigenvalue weighted by Crippen LogP contribution is 2.44. The van der Waals surface area contributed by atoms with E-state index in [0.29, 0.717) is 34.4 Å². The van der Waals surface area contributed by atoms with Crippen LogP contribution >= 0.6 is 23.6 Å². The number of thiocarbonyl (C=S) groups is 1. The number of fused-ring (bicyclic) bond motifs is 1. The number of carbonyl (C=O) groups is 2. The van der Waals surface area contributed by atoms with Crippen molar-refractivity contribution in [2.75, 3.05) is 11.9 Å². The normalized spacial score (nSPS) is 15.6. The number of anilines is 1. The first kappa shape index (κ1) is 24.2. The minimum atomic E-state index is -0.478. The second-order valence-corrected chi connectivity index (χ2v) is 10.7. The molecule has 4 N–H and O–H groups in total. The summed E-state index contributed by atoms with van der Waals surface area (Å²) in [4.78, 5) is 26.1. The summed E-state index contributed by atoms with van der Waals surface area (Å²) in [5, 5.41) is 6.45. The molecule has 6 nitrogen and oxygen atoms in total. The Hall–Kier alpha value is -2.45. The van der Waals surface area contributed by atoms with Gasteiger partial charge in [-0.25, -0.2) is 0 Å². The fraction of sp³-hybridized carbons (Fsp3) is 0.458. The lowest BCUT2D eigenvalue weighted by Crippen LogP contribution is -2.34. The van der Waals surface area contributed by atoms with Gasteiger partial charge in [-0.15, -0.1) is 11.3 Å². The summed E-state index contributed by atoms with van der Waals surface area (Å²) < 4.78 is 5.59. The molecular formula is C24H31N3O3S2. The van der Waals surface area contributed by atoms with Crippen molar-refractivity contribution in [3.05, 3.63) is 45.8 Å². The highest BCUT2D eigenvalue weighted by molar-refractivity contribution is 7.80. The third-order valence-corrected chi connectivity index (χ3v) is 7.13. The molecule has 2 amide bonds. The first-order valence-corrected chi connectivity index (χ1v) is 12.1. The molecule has 1 aliphatic rings. The van der Waals surface area contributed by atoms with Gasteiger partial charge >= 0.3 is 0 Å². The fourth-order valence-corrected chi connectivity index (χ4v) is 5.53. The molecule has 8 heteroatoms. The van der Waals surface area contributed by atoms with Gasteiger partial charge in [-0.1, -0.05) is 33.8 Å². The average Bonchev–Trinajstić information content (AvgIpc) is 3.08. The number of hydrogen-bond donors (Lipinski definition) is 3. The largest absolute Gasteiger partial charge is 0.494 e. The SMILES string of the molecule is CCCOc1cccc(C(=O)NC(=S)Nc2sc3c(c2C(N)=O)CC[C@@H](C(C)(C)C)C3)c1. The molecule has 32 heavy (non-hydrogen) atoms. The summed E-state index contributed by atoms with van der Waals surface area (Å²) in [7, 11) is 0. The number of hydrogen-bond acceptors (Lipinski definition) is 5. The predicted molar refractivity (Wildman–Crippen MR) is 134 cm³/mol. The van der Waals surface area contributed by atoms with Crippen LogP contribution in [0.15, 0.2) is 24.3 Å². The molecule has 1 aromatic carbocycles. The highest BCUT2D eigenvalue weighted by atomic mass is 32.1. The highest BCUT2D eigenvalue weighted by Gasteiger charge is 2.33. The number of ether oxygens (including phenoxy) is 1. The Morgan fingerprint density at radius 2 is 2.06 bits per heavy atom. The smallest absolute Gasteiger partial charge is 0.257 e. The minimum Gasteiger partial charge on any atom is -0.494 e. The summed E-state index contributed by atoms with van der Waals surface area (Å²) in [5.74, 6) is 0.345. The fourth-order valence-electron chi connectivity index (χ4n) is 3.93. The van der Waals surface area contributed by atoms with Gasteiger partial charge < -0.3 is 15.8 Å². The van der Waals surface area contributed by atoms with E-state index in [1.807, 2.05) is 13.0 Å². The Labute approximate surface area is 198 Å². The van der Waals surface area contributed by atoms with Gasteiger partial charge in [-0.05, 0) is 73.0 Å². The van der Waals surface area contributed by atoms with Crippen LogP contribution in [0, 0.1) is 11.3 Å². The van der Waals surface area contributed by atoms with Gasteiger partial charge in [0.25, 0.3) is 11.8 Å². The molecule has 1 heterocycles. The maximum Gasteiger partial charge on any atom is 0.257 e. The van der Waals surface area contributed by atoms with Gasteiger partial charge in [-0.2, -0.15) is 0 Å². The lowest BCUT2D eigenvalue weighted by atomic mass is 9.72. The molecule has 3 rings (SSSR count). The lowest BCUT2D eigenvalue weighted by molar-refractivity contribution is 0.0975. The Kier molecular flexibility index (Phi) is 7.56. The van der Waals surface area contributed by atoms with E-state index in [1.54, 1.807) is 18.2 Å². The predicted octanol–water partition coefficient (Wildman–Crippen LogP) is 4.91. The quantitative estimate of drug-likeness (QED) is 0.518. The Morgan fingerprint density at radius 1 is 1.31 bits per heavy atom. The zero-order valence-electron chi connectivity index (χ0n) is 19.0. The van der Waals surface area contributed by atoms with Crippen molar-refractivity contribution in [3.63, 3.8) is 0 Å². The molecule has 0 bridgehead atoms. The Morgan fingerprint density at radius 3 is 2.72 bits per heavy atom. The van der Waals surface area contributed by atoms with Gasteiger partial charge in [0.05, 0.1) is 12.2 Å². The zero-order chi connectivity index (χ0) is 23.5. The number of carbonyl (C=O) groups excluding carboxylic acids is 2. The van der Waals surface area contributed by atoms with E-state index < -0.39 is 5.91 Å². The van der Waals surface area contributed by atoms with E-state index >= 15 is 0 Å². The molecule has 1 aliphatic carbocycles. The van der Waals surface area contributed by atoms with Crippen molar-refractivity contribution >= 4 is 45.5 Å². The molecule has 0 radical (unpaired) electrons. The van der Waals surface area contributed by atoms with Crippen LogP contribution < -0.4 is 21.1 Å². The van der Waals surface area contributed by atoms with E-state index in [0.717, 1.165) is 31.2 Å². The second kappa shape index (κ2) is 10.0. The monoisotopic (exact) mass is 473 g/mol. The molecule has 0 saturated heterocycles. The van der Waals surface area contributed by atoms with Gasteiger partial charge in [-0.3, -0.25) is 14.9 Å². The third kappa shape index (κ3) is 5.66. The number of primary amides is 1. The minimum absolute atomic E-state index is 0.128. The number of nitrogens with one attached hydrogen (secondary N) is 2. The van der Waals surface area contributed by atoms with Gasteiger partial charge in [0.15, 0.2) is 5.11 Å². The summed E-state index contributed by atoms with van der Waals surface area (Å²) >= 11 is 6.87. The molecular weight excluding hydrogens is 442 g/mol. The van der Waals surface area contributed by atoms with Crippen molar-refractivity contribution in [1.82, 2.24) is 5.32 Å². The molecule has 0 saturated carbocycles. The average molecular weight is 474 g/mol. The molecule has 2 aromatic rings. The van der Waals surface area contributed by atoms with E-state index in [9.17, 15) is 9.59 Å². The molecule has 1 atom stereocenters. The topological polar surface area (TPSA) is 93.4 Å². The van der Waals surface area contributed by atoms with Crippen LogP contribution in [0.1, 0.15) is 71.7 Å². The van der Waals surface area contributed by atoms with Crippen LogP contribution in [-0.2, 0) is 12.8 Å². The van der Waals surface area contributed by atoms with Crippen molar-refractivity contribution in [2.45, 2.75) is 53.4 Å². The van der Waals surface area contributed by atoms with Gasteiger partial charge in [0.1, 0.15) is 10.8 Å². The molecule has 0 spiro atoms. The van der Waals surface area contributed by atoms with Crippen molar-refractivity contribution in [1.29, 1.82) is 0 Å². The Balaban J connectivity index is 1.73. The number of amides is 2. The van der Waals surface area contributed by atoms with E-state index in [4.69, 9.17) is 22.7 Å². The third-order valence-electron chi connectivity index (χ3n) is 5.76. The van der Waals surface area contributed by atoms with E-state index in [-0.39, 0.29) is 16.4 Å². The van der Waals surface area contributed by atoms with Crippen LogP contribution in [0.3, 0.4) is 0 Å². The standard InChI is InChI=1S/C24H31N3O3S2/c1-5-11-30-16-8-6-7-14(12-16)21(29)26-23(31)27-22-19(20(25)28)17-10-9-15(24(2,3)4)13-18(17)32-22/h6-8,12,15H,5,9-11,13H2,1-4H3,(H2,25,28)(H2,26,27,29,31)/t15-/m1/s1. The van der Waals surface area contributed by atoms with Gasteiger partial charge in [0, 0.05) is 10.4 Å².